The molecule has 0 atom stereocenters. The van der Waals surface area contributed by atoms with E-state index in [4.69, 9.17) is 0 Å². The van der Waals surface area contributed by atoms with Gasteiger partial charge >= 0.3 is 0 Å². The lowest BCUT2D eigenvalue weighted by atomic mass is 10.1. The molecule has 1 aromatic carbocycles. The number of benzene rings is 1. The number of nitrogens with zero attached hydrogens (tertiary/aromatic N) is 4. The minimum absolute atomic E-state index is 0. The zero-order valence-electron chi connectivity index (χ0n) is 16.6. The third-order valence-corrected chi connectivity index (χ3v) is 6.40. The van der Waals surface area contributed by atoms with Crippen molar-refractivity contribution in [1.29, 1.82) is 0 Å². The highest BCUT2D eigenvalue weighted by atomic mass is 127. The zero-order valence-corrected chi connectivity index (χ0v) is 19.8. The van der Waals surface area contributed by atoms with Crippen molar-refractivity contribution in [3.63, 3.8) is 0 Å². The van der Waals surface area contributed by atoms with Crippen LogP contribution >= 0.6 is 24.0 Å². The first-order valence-electron chi connectivity index (χ1n) is 9.52. The Morgan fingerprint density at radius 2 is 1.83 bits per heavy atom. The van der Waals surface area contributed by atoms with Gasteiger partial charge in [-0.25, -0.2) is 13.1 Å². The van der Waals surface area contributed by atoms with Gasteiger partial charge in [0.15, 0.2) is 15.8 Å². The predicted octanol–water partition coefficient (Wildman–Crippen LogP) is 0.928. The van der Waals surface area contributed by atoms with E-state index in [0.29, 0.717) is 13.1 Å². The molecule has 10 heteroatoms. The number of aliphatic imine (C=N–C) groups is 1. The van der Waals surface area contributed by atoms with Crippen molar-refractivity contribution in [2.75, 3.05) is 51.3 Å². The Kier molecular flexibility index (Phi) is 9.37. The smallest absolute Gasteiger partial charge is 0.191 e. The zero-order chi connectivity index (χ0) is 19.8. The summed E-state index contributed by atoms with van der Waals surface area (Å²) in [6.45, 7) is 3.56. The maximum atomic E-state index is 11.5. The van der Waals surface area contributed by atoms with Gasteiger partial charge < -0.3 is 10.6 Å². The van der Waals surface area contributed by atoms with E-state index in [0.717, 1.165) is 37.7 Å². The molecule has 3 rings (SSSR count). The van der Waals surface area contributed by atoms with E-state index in [2.05, 4.69) is 49.9 Å². The van der Waals surface area contributed by atoms with E-state index in [9.17, 15) is 8.42 Å². The monoisotopic (exact) mass is 532 g/mol. The molecule has 1 aliphatic rings. The van der Waals surface area contributed by atoms with Crippen LogP contribution in [0, 0.1) is 0 Å². The van der Waals surface area contributed by atoms with Crippen LogP contribution in [0.15, 0.2) is 47.7 Å². The molecule has 160 valence electrons. The summed E-state index contributed by atoms with van der Waals surface area (Å²) in [5.74, 6) is 1.29. The van der Waals surface area contributed by atoms with Gasteiger partial charge in [-0.2, -0.15) is 5.10 Å². The van der Waals surface area contributed by atoms with Crippen LogP contribution in [0.4, 0.5) is 0 Å². The van der Waals surface area contributed by atoms with Gasteiger partial charge in [-0.3, -0.25) is 9.89 Å². The van der Waals surface area contributed by atoms with Crippen molar-refractivity contribution in [3.8, 4) is 5.69 Å². The lowest BCUT2D eigenvalue weighted by Crippen LogP contribution is -2.46. The summed E-state index contributed by atoms with van der Waals surface area (Å²) < 4.78 is 24.8. The molecule has 0 aliphatic carbocycles. The molecule has 1 aliphatic heterocycles. The minimum atomic E-state index is -2.82. The van der Waals surface area contributed by atoms with Crippen LogP contribution in [0.1, 0.15) is 5.56 Å². The fourth-order valence-corrected chi connectivity index (χ4v) is 4.37. The van der Waals surface area contributed by atoms with E-state index < -0.39 is 9.84 Å². The molecule has 0 unspecified atom stereocenters. The van der Waals surface area contributed by atoms with E-state index >= 15 is 0 Å². The van der Waals surface area contributed by atoms with E-state index in [1.165, 1.54) is 5.56 Å². The molecular formula is C19H29IN6O2S. The summed E-state index contributed by atoms with van der Waals surface area (Å²) in [5, 5.41) is 10.8. The van der Waals surface area contributed by atoms with E-state index in [1.807, 2.05) is 16.9 Å². The third-order valence-electron chi connectivity index (χ3n) is 4.79. The number of guanidine groups is 1. The Balaban J connectivity index is 0.00000300. The average Bonchev–Trinajstić information content (AvgIpc) is 3.23. The predicted molar refractivity (Wildman–Crippen MR) is 127 cm³/mol. The second kappa shape index (κ2) is 11.5. The number of aromatic nitrogens is 2. The Hall–Kier alpha value is -1.66. The highest BCUT2D eigenvalue weighted by Gasteiger charge is 2.20. The van der Waals surface area contributed by atoms with Gasteiger partial charge in [0.2, 0.25) is 0 Å². The largest absolute Gasteiger partial charge is 0.356 e. The van der Waals surface area contributed by atoms with Crippen LogP contribution in [-0.4, -0.2) is 80.3 Å². The summed E-state index contributed by atoms with van der Waals surface area (Å²) in [5.41, 5.74) is 2.29. The fraction of sp³-hybridized carbons (Fsp3) is 0.474. The lowest BCUT2D eigenvalue weighted by Gasteiger charge is -2.26. The average molecular weight is 532 g/mol. The van der Waals surface area contributed by atoms with Gasteiger partial charge in [0.25, 0.3) is 0 Å². The summed E-state index contributed by atoms with van der Waals surface area (Å²) >= 11 is 0. The Labute approximate surface area is 189 Å². The normalized spacial score (nSPS) is 16.8. The van der Waals surface area contributed by atoms with Crippen LogP contribution in [0.3, 0.4) is 0 Å². The standard InChI is InChI=1S/C19H28N6O2S.HI/c1-20-19(22-10-12-24-13-15-28(26,27)16-14-24)21-9-7-17-3-5-18(6-4-17)25-11-2-8-23-25;/h2-6,8,11H,7,9-10,12-16H2,1H3,(H2,20,21,22);1H. The summed E-state index contributed by atoms with van der Waals surface area (Å²) in [4.78, 5) is 6.41. The first-order chi connectivity index (χ1) is 13.6. The van der Waals surface area contributed by atoms with Gasteiger partial charge in [0.1, 0.15) is 0 Å². The van der Waals surface area contributed by atoms with Crippen molar-refractivity contribution in [1.82, 2.24) is 25.3 Å². The van der Waals surface area contributed by atoms with Crippen LogP contribution in [0.2, 0.25) is 0 Å². The first kappa shape index (κ1) is 23.6. The minimum Gasteiger partial charge on any atom is -0.356 e. The van der Waals surface area contributed by atoms with Crippen LogP contribution < -0.4 is 10.6 Å². The molecule has 1 aromatic heterocycles. The Bertz CT molecular complexity index is 855. The third kappa shape index (κ3) is 7.59. The molecule has 0 amide bonds. The first-order valence-corrected chi connectivity index (χ1v) is 11.3. The second-order valence-corrected chi connectivity index (χ2v) is 9.09. The van der Waals surface area contributed by atoms with Crippen molar-refractivity contribution < 1.29 is 8.42 Å². The molecule has 0 saturated carbocycles. The topological polar surface area (TPSA) is 91.6 Å². The van der Waals surface area contributed by atoms with Crippen molar-refractivity contribution in [3.05, 3.63) is 48.3 Å². The quantitative estimate of drug-likeness (QED) is 0.313. The van der Waals surface area contributed by atoms with Gasteiger partial charge in [-0.05, 0) is 30.2 Å². The van der Waals surface area contributed by atoms with E-state index in [-0.39, 0.29) is 35.5 Å². The Morgan fingerprint density at radius 3 is 2.45 bits per heavy atom. The maximum absolute atomic E-state index is 11.5. The lowest BCUT2D eigenvalue weighted by molar-refractivity contribution is 0.299. The SMILES string of the molecule is CN=C(NCCc1ccc(-n2cccn2)cc1)NCCN1CCS(=O)(=O)CC1.I. The van der Waals surface area contributed by atoms with Crippen LogP contribution in [0.25, 0.3) is 5.69 Å². The van der Waals surface area contributed by atoms with Crippen LogP contribution in [-0.2, 0) is 16.3 Å². The molecule has 0 bridgehead atoms. The van der Waals surface area contributed by atoms with Gasteiger partial charge in [-0.1, -0.05) is 12.1 Å². The van der Waals surface area contributed by atoms with Crippen LogP contribution in [0.5, 0.6) is 0 Å². The Morgan fingerprint density at radius 1 is 1.14 bits per heavy atom. The molecule has 0 spiro atoms. The summed E-state index contributed by atoms with van der Waals surface area (Å²) in [6, 6.07) is 10.3. The number of nitrogens with one attached hydrogen (secondary N) is 2. The molecule has 2 N–H and O–H groups in total. The molecule has 8 nitrogen and oxygen atoms in total. The van der Waals surface area contributed by atoms with Crippen molar-refractivity contribution >= 4 is 39.8 Å². The molecule has 2 aromatic rings. The molecule has 2 heterocycles. The highest BCUT2D eigenvalue weighted by Crippen LogP contribution is 2.08. The fourth-order valence-electron chi connectivity index (χ4n) is 3.09. The van der Waals surface area contributed by atoms with Gasteiger partial charge in [-0.15, -0.1) is 24.0 Å². The van der Waals surface area contributed by atoms with Gasteiger partial charge in [0, 0.05) is 52.2 Å². The second-order valence-electron chi connectivity index (χ2n) is 6.79. The number of halogens is 1. The molecule has 0 radical (unpaired) electrons. The molecule has 1 fully saturated rings. The summed E-state index contributed by atoms with van der Waals surface area (Å²) in [6.07, 6.45) is 4.59. The van der Waals surface area contributed by atoms with E-state index in [1.54, 1.807) is 13.2 Å². The number of hydrogen-bond acceptors (Lipinski definition) is 5. The highest BCUT2D eigenvalue weighted by molar-refractivity contribution is 14.0. The number of hydrogen-bond donors (Lipinski definition) is 2. The summed E-state index contributed by atoms with van der Waals surface area (Å²) in [7, 11) is -1.07. The number of rotatable bonds is 7. The van der Waals surface area contributed by atoms with Crippen molar-refractivity contribution in [2.24, 2.45) is 4.99 Å². The molecule has 29 heavy (non-hydrogen) atoms. The molecular weight excluding hydrogens is 503 g/mol. The molecule has 1 saturated heterocycles. The maximum Gasteiger partial charge on any atom is 0.191 e. The van der Waals surface area contributed by atoms with Gasteiger partial charge in [0.05, 0.1) is 17.2 Å². The van der Waals surface area contributed by atoms with Crippen molar-refractivity contribution in [2.45, 2.75) is 6.42 Å². The number of sulfone groups is 1.